The third-order valence-corrected chi connectivity index (χ3v) is 5.93. The van der Waals surface area contributed by atoms with Gasteiger partial charge in [0.2, 0.25) is 5.69 Å². The predicted molar refractivity (Wildman–Crippen MR) is 133 cm³/mol. The van der Waals surface area contributed by atoms with Crippen molar-refractivity contribution in [3.63, 3.8) is 0 Å². The van der Waals surface area contributed by atoms with Crippen molar-refractivity contribution in [1.29, 1.82) is 0 Å². The van der Waals surface area contributed by atoms with Crippen LogP contribution < -0.4 is 4.57 Å². The van der Waals surface area contributed by atoms with Crippen LogP contribution in [0.15, 0.2) is 60.8 Å². The Morgan fingerprint density at radius 2 is 1.57 bits per heavy atom. The third-order valence-electron chi connectivity index (χ3n) is 4.91. The first-order valence-corrected chi connectivity index (χ1v) is 14.2. The fourth-order valence-electron chi connectivity index (χ4n) is 3.64. The van der Waals surface area contributed by atoms with Gasteiger partial charge in [0.1, 0.15) is 7.05 Å². The average molecular weight is 421 g/mol. The van der Waals surface area contributed by atoms with Crippen LogP contribution in [0, 0.1) is 12.3 Å². The van der Waals surface area contributed by atoms with E-state index < -0.39 is 25.9 Å². The van der Waals surface area contributed by atoms with Crippen LogP contribution >= 0.6 is 0 Å². The molecule has 2 heteroatoms. The maximum absolute atomic E-state index is 9.11. The van der Waals surface area contributed by atoms with E-state index in [0.29, 0.717) is 11.1 Å². The lowest BCUT2D eigenvalue weighted by molar-refractivity contribution is -0.660. The standard InChI is InChI=1S/C28H38NSi/c1-21-14-15-23(22-12-10-9-11-13-22)16-26(21)27-17-24(18-28(2,3)4)25(19-29(27)5)20-30(6,7)8/h9-17,19H,18,20H2,1-8H3/q+1/i18D2,20D2. The second-order valence-electron chi connectivity index (χ2n) is 10.2. The highest BCUT2D eigenvalue weighted by molar-refractivity contribution is 6.75. The molecule has 158 valence electrons. The molecule has 1 aromatic heterocycles. The lowest BCUT2D eigenvalue weighted by Crippen LogP contribution is -2.35. The number of aryl methyl sites for hydroxylation is 2. The van der Waals surface area contributed by atoms with Gasteiger partial charge < -0.3 is 0 Å². The van der Waals surface area contributed by atoms with Crippen molar-refractivity contribution in [2.24, 2.45) is 12.5 Å². The summed E-state index contributed by atoms with van der Waals surface area (Å²) in [5, 5.41) is 0. The highest BCUT2D eigenvalue weighted by Crippen LogP contribution is 2.31. The van der Waals surface area contributed by atoms with Crippen LogP contribution in [0.3, 0.4) is 0 Å². The van der Waals surface area contributed by atoms with Crippen molar-refractivity contribution in [2.45, 2.75) is 59.7 Å². The molecular formula is C28H38NSi+. The molecule has 1 nitrogen and oxygen atoms in total. The van der Waals surface area contributed by atoms with E-state index >= 15 is 0 Å². The molecule has 0 bridgehead atoms. The van der Waals surface area contributed by atoms with E-state index in [1.54, 1.807) is 0 Å². The average Bonchev–Trinajstić information content (AvgIpc) is 2.73. The zero-order valence-electron chi connectivity index (χ0n) is 23.7. The molecule has 30 heavy (non-hydrogen) atoms. The van der Waals surface area contributed by atoms with E-state index in [2.05, 4.69) is 37.3 Å². The van der Waals surface area contributed by atoms with E-state index in [-0.39, 0.29) is 0 Å². The molecule has 3 rings (SSSR count). The molecular weight excluding hydrogens is 378 g/mol. The molecule has 0 saturated heterocycles. The summed E-state index contributed by atoms with van der Waals surface area (Å²) in [6.07, 6.45) is 0.115. The lowest BCUT2D eigenvalue weighted by Gasteiger charge is -2.23. The van der Waals surface area contributed by atoms with Gasteiger partial charge in [-0.25, -0.2) is 4.57 Å². The maximum atomic E-state index is 9.11. The van der Waals surface area contributed by atoms with Crippen LogP contribution in [0.25, 0.3) is 22.4 Å². The van der Waals surface area contributed by atoms with Gasteiger partial charge in [-0.05, 0) is 53.0 Å². The Morgan fingerprint density at radius 3 is 2.17 bits per heavy atom. The van der Waals surface area contributed by atoms with Crippen LogP contribution in [-0.2, 0) is 19.4 Å². The van der Waals surface area contributed by atoms with E-state index in [1.165, 1.54) is 0 Å². The molecule has 0 atom stereocenters. The number of nitrogens with zero attached hydrogens (tertiary/aromatic N) is 1. The highest BCUT2D eigenvalue weighted by Gasteiger charge is 2.24. The Labute approximate surface area is 190 Å². The van der Waals surface area contributed by atoms with Gasteiger partial charge in [0.25, 0.3) is 0 Å². The molecule has 0 N–H and O–H groups in total. The molecule has 2 aromatic carbocycles. The summed E-state index contributed by atoms with van der Waals surface area (Å²) in [7, 11) is -0.390. The Kier molecular flexibility index (Phi) is 4.96. The zero-order chi connectivity index (χ0) is 25.7. The molecule has 0 unspecified atom stereocenters. The smallest absolute Gasteiger partial charge is 0.201 e. The summed E-state index contributed by atoms with van der Waals surface area (Å²) in [4.78, 5) is 0. The van der Waals surface area contributed by atoms with Crippen LogP contribution in [0.1, 0.15) is 42.9 Å². The maximum Gasteiger partial charge on any atom is 0.212 e. The Morgan fingerprint density at radius 1 is 0.900 bits per heavy atom. The lowest BCUT2D eigenvalue weighted by atomic mass is 9.86. The van der Waals surface area contributed by atoms with Gasteiger partial charge in [0.15, 0.2) is 6.20 Å². The number of aromatic nitrogens is 1. The molecule has 0 radical (unpaired) electrons. The second kappa shape index (κ2) is 8.51. The third kappa shape index (κ3) is 5.70. The van der Waals surface area contributed by atoms with Gasteiger partial charge in [0.05, 0.1) is 0 Å². The molecule has 0 spiro atoms. The van der Waals surface area contributed by atoms with Gasteiger partial charge in [0, 0.05) is 30.8 Å². The fraction of sp³-hybridized carbons (Fsp3) is 0.393. The van der Waals surface area contributed by atoms with E-state index in [0.717, 1.165) is 27.9 Å². The molecule has 0 saturated carbocycles. The van der Waals surface area contributed by atoms with E-state index in [9.17, 15) is 0 Å². The van der Waals surface area contributed by atoms with Crippen molar-refractivity contribution in [3.8, 4) is 22.4 Å². The minimum absolute atomic E-state index is 0.449. The predicted octanol–water partition coefficient (Wildman–Crippen LogP) is 7.16. The Balaban J connectivity index is 2.35. The zero-order valence-corrected chi connectivity index (χ0v) is 20.7. The monoisotopic (exact) mass is 420 g/mol. The normalized spacial score (nSPS) is 15.2. The molecule has 3 aromatic rings. The Hall–Kier alpha value is -2.19. The summed E-state index contributed by atoms with van der Waals surface area (Å²) < 4.78 is 38.3. The summed E-state index contributed by atoms with van der Waals surface area (Å²) in [5.74, 6) is -1.59. The summed E-state index contributed by atoms with van der Waals surface area (Å²) >= 11 is 0. The molecule has 1 heterocycles. The summed E-state index contributed by atoms with van der Waals surface area (Å²) in [6.45, 7) is 13.7. The van der Waals surface area contributed by atoms with Crippen LogP contribution in [0.5, 0.6) is 0 Å². The number of benzene rings is 2. The van der Waals surface area contributed by atoms with Gasteiger partial charge in [-0.3, -0.25) is 0 Å². The van der Waals surface area contributed by atoms with Crippen molar-refractivity contribution >= 4 is 8.07 Å². The summed E-state index contributed by atoms with van der Waals surface area (Å²) in [6, 6.07) is 18.5. The van der Waals surface area contributed by atoms with Crippen molar-refractivity contribution in [2.75, 3.05) is 0 Å². The topological polar surface area (TPSA) is 3.88 Å². The SMILES string of the molecule is [2H]C([2H])(c1cc(-c2cc(-c3ccccc3)ccc2C)[n+](C)cc1C([2H])([2H])[Si](C)(C)C)C(C)(C)C. The highest BCUT2D eigenvalue weighted by atomic mass is 28.3. The quantitative estimate of drug-likeness (QED) is 0.304. The first kappa shape index (κ1) is 17.5. The minimum atomic E-state index is -2.33. The first-order chi connectivity index (χ1) is 15.5. The van der Waals surface area contributed by atoms with Crippen LogP contribution in [-0.4, -0.2) is 8.07 Å². The van der Waals surface area contributed by atoms with Crippen LogP contribution in [0.2, 0.25) is 19.6 Å². The van der Waals surface area contributed by atoms with Crippen molar-refractivity contribution in [1.82, 2.24) is 0 Å². The first-order valence-electron chi connectivity index (χ1n) is 12.7. The minimum Gasteiger partial charge on any atom is -0.201 e. The number of pyridine rings is 1. The number of hydrogen-bond donors (Lipinski definition) is 0. The summed E-state index contributed by atoms with van der Waals surface area (Å²) in [5.41, 5.74) is 5.45. The molecule has 0 amide bonds. The van der Waals surface area contributed by atoms with Gasteiger partial charge in [-0.2, -0.15) is 0 Å². The van der Waals surface area contributed by atoms with Crippen molar-refractivity contribution in [3.05, 3.63) is 77.5 Å². The molecule has 0 fully saturated rings. The van der Waals surface area contributed by atoms with E-state index in [1.807, 2.05) is 82.5 Å². The second-order valence-corrected chi connectivity index (χ2v) is 15.0. The van der Waals surface area contributed by atoms with Gasteiger partial charge in [-0.1, -0.05) is 82.9 Å². The molecule has 0 aliphatic heterocycles. The molecule has 0 aliphatic rings. The fourth-order valence-corrected chi connectivity index (χ4v) is 4.64. The number of rotatable bonds is 5. The molecule has 0 aliphatic carbocycles. The Bertz CT molecular complexity index is 1190. The van der Waals surface area contributed by atoms with Gasteiger partial charge in [-0.15, -0.1) is 0 Å². The van der Waals surface area contributed by atoms with Crippen molar-refractivity contribution < 1.29 is 10.1 Å². The van der Waals surface area contributed by atoms with Crippen LogP contribution in [0.4, 0.5) is 0 Å². The van der Waals surface area contributed by atoms with Gasteiger partial charge >= 0.3 is 0 Å². The largest absolute Gasteiger partial charge is 0.212 e. The number of hydrogen-bond acceptors (Lipinski definition) is 0. The van der Waals surface area contributed by atoms with E-state index in [4.69, 9.17) is 5.48 Å².